The number of H-pyrrole nitrogens is 1. The Hall–Kier alpha value is -3.39. The predicted molar refractivity (Wildman–Crippen MR) is 148 cm³/mol. The van der Waals surface area contributed by atoms with E-state index >= 15 is 0 Å². The third-order valence-electron chi connectivity index (χ3n) is 6.33. The summed E-state index contributed by atoms with van der Waals surface area (Å²) in [6.45, 7) is 0.974. The number of pyridine rings is 1. The number of carbonyl (C=O) groups is 2. The number of nitrogens with one attached hydrogen (secondary N) is 3. The normalized spacial score (nSPS) is 13.9. The van der Waals surface area contributed by atoms with Crippen LogP contribution in [0, 0.1) is 5.92 Å². The van der Waals surface area contributed by atoms with E-state index in [0.717, 1.165) is 19.3 Å². The van der Waals surface area contributed by atoms with E-state index in [1.165, 1.54) is 6.07 Å². The van der Waals surface area contributed by atoms with Crippen LogP contribution in [-0.4, -0.2) is 46.0 Å². The van der Waals surface area contributed by atoms with Crippen LogP contribution in [0.25, 0.3) is 11.2 Å². The number of carbonyl (C=O) groups excluding carboxylic acids is 2. The standard InChI is InChI=1S/C19H18Cl2F2N6O3.C7H11F3/c1-2-13(30)25-6-8-3-4-10(20)15(14(8)21)27-19-26-11-5-9(16(24)31)18(28-17(11)29-19)32-7-12(22)23;8-7(9,10)6-4-2-1-3-5-6/h3-5,12H,2,6-7H2,1H3,(H2,24,31)(H,25,30)(H2,26,27,28,29);6H,1-5H2. The zero-order chi connectivity index (χ0) is 31.0. The van der Waals surface area contributed by atoms with E-state index in [9.17, 15) is 31.5 Å². The van der Waals surface area contributed by atoms with Gasteiger partial charge in [0.25, 0.3) is 12.3 Å². The van der Waals surface area contributed by atoms with Crippen LogP contribution in [0.1, 0.15) is 61.4 Å². The van der Waals surface area contributed by atoms with Gasteiger partial charge in [-0.3, -0.25) is 9.59 Å². The molecule has 3 aromatic rings. The van der Waals surface area contributed by atoms with Crippen molar-refractivity contribution in [1.82, 2.24) is 20.3 Å². The van der Waals surface area contributed by atoms with Crippen molar-refractivity contribution in [3.05, 3.63) is 39.4 Å². The Morgan fingerprint density at radius 3 is 2.43 bits per heavy atom. The lowest BCUT2D eigenvalue weighted by Gasteiger charge is -2.23. The fourth-order valence-corrected chi connectivity index (χ4v) is 4.66. The lowest BCUT2D eigenvalue weighted by molar-refractivity contribution is -0.181. The highest BCUT2D eigenvalue weighted by molar-refractivity contribution is 6.39. The topological polar surface area (TPSA) is 135 Å². The highest BCUT2D eigenvalue weighted by Crippen LogP contribution is 2.37. The van der Waals surface area contributed by atoms with E-state index in [0.29, 0.717) is 36.0 Å². The molecule has 1 aliphatic rings. The summed E-state index contributed by atoms with van der Waals surface area (Å²) in [5, 5.41) is 6.21. The van der Waals surface area contributed by atoms with Gasteiger partial charge in [-0.05, 0) is 30.5 Å². The minimum absolute atomic E-state index is 0.0837. The van der Waals surface area contributed by atoms with Crippen molar-refractivity contribution in [3.8, 4) is 5.88 Å². The molecular weight excluding hydrogens is 610 g/mol. The molecule has 16 heteroatoms. The van der Waals surface area contributed by atoms with Crippen LogP contribution in [0.15, 0.2) is 18.2 Å². The van der Waals surface area contributed by atoms with Crippen molar-refractivity contribution in [3.63, 3.8) is 0 Å². The Balaban J connectivity index is 0.000000408. The molecule has 0 radical (unpaired) electrons. The van der Waals surface area contributed by atoms with Crippen LogP contribution >= 0.6 is 23.2 Å². The zero-order valence-electron chi connectivity index (χ0n) is 22.4. The van der Waals surface area contributed by atoms with Crippen molar-refractivity contribution >= 4 is 57.8 Å². The van der Waals surface area contributed by atoms with Gasteiger partial charge >= 0.3 is 6.18 Å². The predicted octanol–water partition coefficient (Wildman–Crippen LogP) is 6.91. The number of primary amides is 1. The summed E-state index contributed by atoms with van der Waals surface area (Å²) in [6.07, 6.45) is -3.17. The largest absolute Gasteiger partial charge is 0.471 e. The number of hydrogen-bond donors (Lipinski definition) is 4. The van der Waals surface area contributed by atoms with E-state index in [2.05, 4.69) is 25.6 Å². The zero-order valence-corrected chi connectivity index (χ0v) is 23.9. The number of ether oxygens (including phenoxy) is 1. The number of fused-ring (bicyclic) bond motifs is 1. The highest BCUT2D eigenvalue weighted by atomic mass is 35.5. The molecule has 2 amide bonds. The molecule has 0 bridgehead atoms. The SMILES string of the molecule is CCC(=O)NCc1ccc(Cl)c(Nc2nc3nc(OCC(F)F)c(C(N)=O)cc3[nH]2)c1Cl.FC(F)(F)C1CCCCC1. The number of imidazole rings is 1. The highest BCUT2D eigenvalue weighted by Gasteiger charge is 2.39. The minimum atomic E-state index is -3.93. The first-order valence-electron chi connectivity index (χ1n) is 13.0. The number of nitrogens with zero attached hydrogens (tertiary/aromatic N) is 2. The number of aromatic nitrogens is 3. The van der Waals surface area contributed by atoms with Gasteiger partial charge in [0.15, 0.2) is 12.3 Å². The molecule has 5 N–H and O–H groups in total. The number of nitrogens with two attached hydrogens (primary N) is 1. The fourth-order valence-electron chi connectivity index (χ4n) is 4.13. The summed E-state index contributed by atoms with van der Waals surface area (Å²) in [5.41, 5.74) is 6.43. The molecule has 9 nitrogen and oxygen atoms in total. The molecule has 0 atom stereocenters. The van der Waals surface area contributed by atoms with Gasteiger partial charge in [-0.1, -0.05) is 55.5 Å². The molecule has 1 aromatic carbocycles. The average Bonchev–Trinajstić information content (AvgIpc) is 3.34. The lowest BCUT2D eigenvalue weighted by atomic mass is 9.89. The Morgan fingerprint density at radius 1 is 1.17 bits per heavy atom. The number of amides is 2. The first-order valence-corrected chi connectivity index (χ1v) is 13.7. The van der Waals surface area contributed by atoms with Gasteiger partial charge in [0.1, 0.15) is 5.56 Å². The summed E-state index contributed by atoms with van der Waals surface area (Å²) >= 11 is 12.7. The van der Waals surface area contributed by atoms with Gasteiger partial charge in [0.2, 0.25) is 17.7 Å². The number of anilines is 2. The number of hydrogen-bond acceptors (Lipinski definition) is 6. The van der Waals surface area contributed by atoms with Crippen molar-refractivity contribution < 1.29 is 36.3 Å². The van der Waals surface area contributed by atoms with Gasteiger partial charge in [0.05, 0.1) is 27.2 Å². The van der Waals surface area contributed by atoms with E-state index < -0.39 is 31.0 Å². The fraction of sp³-hybridized carbons (Fsp3) is 0.462. The number of alkyl halides is 5. The van der Waals surface area contributed by atoms with Gasteiger partial charge < -0.3 is 26.1 Å². The summed E-state index contributed by atoms with van der Waals surface area (Å²) in [4.78, 5) is 34.3. The molecule has 1 saturated carbocycles. The summed E-state index contributed by atoms with van der Waals surface area (Å²) < 4.78 is 65.7. The maximum absolute atomic E-state index is 12.5. The number of rotatable bonds is 9. The second-order valence-corrected chi connectivity index (χ2v) is 10.2. The van der Waals surface area contributed by atoms with Gasteiger partial charge in [-0.2, -0.15) is 23.1 Å². The van der Waals surface area contributed by atoms with Gasteiger partial charge in [0, 0.05) is 13.0 Å². The van der Waals surface area contributed by atoms with E-state index in [1.54, 1.807) is 19.1 Å². The second-order valence-electron chi connectivity index (χ2n) is 9.39. The molecular formula is C26H29Cl2F5N6O3. The number of benzene rings is 1. The lowest BCUT2D eigenvalue weighted by Crippen LogP contribution is -2.24. The molecule has 0 spiro atoms. The quantitative estimate of drug-likeness (QED) is 0.188. The van der Waals surface area contributed by atoms with Crippen molar-refractivity contribution in [2.24, 2.45) is 11.7 Å². The van der Waals surface area contributed by atoms with E-state index in [4.69, 9.17) is 33.7 Å². The average molecular weight is 639 g/mol. The smallest absolute Gasteiger partial charge is 0.391 e. The van der Waals surface area contributed by atoms with Crippen molar-refractivity contribution in [2.45, 2.75) is 64.6 Å². The molecule has 1 fully saturated rings. The molecule has 1 aliphatic carbocycles. The van der Waals surface area contributed by atoms with Crippen molar-refractivity contribution in [1.29, 1.82) is 0 Å². The Bertz CT molecular complexity index is 1400. The third-order valence-corrected chi connectivity index (χ3v) is 7.08. The Labute approximate surface area is 247 Å². The Morgan fingerprint density at radius 2 is 1.86 bits per heavy atom. The number of aromatic amines is 1. The monoisotopic (exact) mass is 638 g/mol. The van der Waals surface area contributed by atoms with Crippen LogP contribution in [0.3, 0.4) is 0 Å². The maximum atomic E-state index is 12.5. The Kier molecular flexibility index (Phi) is 11.6. The van der Waals surface area contributed by atoms with Gasteiger partial charge in [-0.15, -0.1) is 0 Å². The number of halogens is 7. The molecule has 2 aromatic heterocycles. The molecule has 230 valence electrons. The molecule has 2 heterocycles. The van der Waals surface area contributed by atoms with Crippen LogP contribution in [0.2, 0.25) is 10.0 Å². The second kappa shape index (κ2) is 14.7. The van der Waals surface area contributed by atoms with E-state index in [1.807, 2.05) is 0 Å². The third kappa shape index (κ3) is 9.05. The molecule has 0 aliphatic heterocycles. The van der Waals surface area contributed by atoms with Crippen LogP contribution in [0.4, 0.5) is 33.6 Å². The van der Waals surface area contributed by atoms with Crippen LogP contribution in [0.5, 0.6) is 5.88 Å². The first-order chi connectivity index (χ1) is 19.8. The van der Waals surface area contributed by atoms with E-state index in [-0.39, 0.29) is 45.5 Å². The van der Waals surface area contributed by atoms with Crippen LogP contribution < -0.4 is 21.1 Å². The molecule has 0 unspecified atom stereocenters. The summed E-state index contributed by atoms with van der Waals surface area (Å²) in [5.74, 6) is -2.23. The molecule has 42 heavy (non-hydrogen) atoms. The summed E-state index contributed by atoms with van der Waals surface area (Å²) in [7, 11) is 0. The first kappa shape index (κ1) is 33.1. The molecule has 0 saturated heterocycles. The van der Waals surface area contributed by atoms with Crippen LogP contribution in [-0.2, 0) is 11.3 Å². The maximum Gasteiger partial charge on any atom is 0.391 e. The van der Waals surface area contributed by atoms with Gasteiger partial charge in [-0.25, -0.2) is 8.78 Å². The minimum Gasteiger partial charge on any atom is -0.471 e. The summed E-state index contributed by atoms with van der Waals surface area (Å²) in [6, 6.07) is 4.58. The van der Waals surface area contributed by atoms with Crippen molar-refractivity contribution in [2.75, 3.05) is 11.9 Å². The molecule has 4 rings (SSSR count).